The van der Waals surface area contributed by atoms with Crippen molar-refractivity contribution in [2.75, 3.05) is 86.3 Å². The molecule has 2 fully saturated rings. The number of ether oxygens (including phenoxy) is 2. The normalized spacial score (nSPS) is 20.7. The second-order valence-electron chi connectivity index (χ2n) is 7.76. The number of nitrogens with one attached hydrogen (secondary N) is 2. The molecule has 0 unspecified atom stereocenters. The van der Waals surface area contributed by atoms with E-state index in [0.29, 0.717) is 5.92 Å². The summed E-state index contributed by atoms with van der Waals surface area (Å²) in [5, 5.41) is 6.79. The summed E-state index contributed by atoms with van der Waals surface area (Å²) in [7, 11) is 4.04. The molecule has 0 saturated carbocycles. The SMILES string of the molecule is CN=C(NCCCCN1CCN(C)CC1)NCCCOCC1CCOCC1. The number of rotatable bonds is 11. The Morgan fingerprint density at radius 1 is 1.04 bits per heavy atom. The molecule has 7 nitrogen and oxygen atoms in total. The molecule has 0 bridgehead atoms. The lowest BCUT2D eigenvalue weighted by Crippen LogP contribution is -2.44. The predicted octanol–water partition coefficient (Wildman–Crippen LogP) is 1.01. The molecule has 0 spiro atoms. The van der Waals surface area contributed by atoms with Crippen LogP contribution in [0.2, 0.25) is 0 Å². The van der Waals surface area contributed by atoms with Crippen LogP contribution in [-0.4, -0.2) is 102 Å². The van der Waals surface area contributed by atoms with Crippen LogP contribution in [-0.2, 0) is 9.47 Å². The number of hydrogen-bond acceptors (Lipinski definition) is 5. The van der Waals surface area contributed by atoms with Gasteiger partial charge in [-0.3, -0.25) is 4.99 Å². The molecule has 0 aromatic heterocycles. The Bertz CT molecular complexity index is 394. The molecule has 7 heteroatoms. The molecule has 2 N–H and O–H groups in total. The van der Waals surface area contributed by atoms with Gasteiger partial charge in [0.2, 0.25) is 0 Å². The second kappa shape index (κ2) is 14.2. The number of guanidine groups is 1. The molecule has 2 rings (SSSR count). The standard InChI is InChI=1S/C20H41N5O2/c1-21-20(22-8-3-4-10-25-13-11-24(2)12-14-25)23-9-5-15-27-18-19-6-16-26-17-7-19/h19H,3-18H2,1-2H3,(H2,21,22,23). The first-order valence-corrected chi connectivity index (χ1v) is 10.8. The van der Waals surface area contributed by atoms with E-state index in [1.807, 2.05) is 7.05 Å². The van der Waals surface area contributed by atoms with Gasteiger partial charge in [-0.25, -0.2) is 0 Å². The van der Waals surface area contributed by atoms with Gasteiger partial charge in [-0.2, -0.15) is 0 Å². The largest absolute Gasteiger partial charge is 0.381 e. The first-order valence-electron chi connectivity index (χ1n) is 10.8. The Morgan fingerprint density at radius 3 is 2.44 bits per heavy atom. The zero-order chi connectivity index (χ0) is 19.2. The molecule has 0 radical (unpaired) electrons. The van der Waals surface area contributed by atoms with Gasteiger partial charge in [-0.1, -0.05) is 0 Å². The van der Waals surface area contributed by atoms with Crippen molar-refractivity contribution in [3.63, 3.8) is 0 Å². The second-order valence-corrected chi connectivity index (χ2v) is 7.76. The fourth-order valence-corrected chi connectivity index (χ4v) is 3.50. The molecule has 0 atom stereocenters. The van der Waals surface area contributed by atoms with Gasteiger partial charge in [0.1, 0.15) is 0 Å². The summed E-state index contributed by atoms with van der Waals surface area (Å²) in [5.41, 5.74) is 0. The summed E-state index contributed by atoms with van der Waals surface area (Å²) in [5.74, 6) is 1.59. The maximum absolute atomic E-state index is 5.80. The fourth-order valence-electron chi connectivity index (χ4n) is 3.50. The van der Waals surface area contributed by atoms with Gasteiger partial charge in [-0.05, 0) is 51.6 Å². The summed E-state index contributed by atoms with van der Waals surface area (Å²) in [6.07, 6.45) is 5.72. The zero-order valence-electron chi connectivity index (χ0n) is 17.5. The summed E-state index contributed by atoms with van der Waals surface area (Å²) in [6, 6.07) is 0. The van der Waals surface area contributed by atoms with Crippen molar-refractivity contribution in [2.24, 2.45) is 10.9 Å². The van der Waals surface area contributed by atoms with Gasteiger partial charge < -0.3 is 29.9 Å². The van der Waals surface area contributed by atoms with Gasteiger partial charge in [0.15, 0.2) is 5.96 Å². The Balaban J connectivity index is 1.39. The highest BCUT2D eigenvalue weighted by atomic mass is 16.5. The summed E-state index contributed by atoms with van der Waals surface area (Å²) in [6.45, 7) is 11.4. The number of nitrogens with zero attached hydrogens (tertiary/aromatic N) is 3. The van der Waals surface area contributed by atoms with E-state index in [9.17, 15) is 0 Å². The highest BCUT2D eigenvalue weighted by Crippen LogP contribution is 2.14. The lowest BCUT2D eigenvalue weighted by molar-refractivity contribution is 0.0203. The van der Waals surface area contributed by atoms with Gasteiger partial charge in [0.25, 0.3) is 0 Å². The molecule has 2 saturated heterocycles. The minimum atomic E-state index is 0.687. The van der Waals surface area contributed by atoms with Crippen LogP contribution in [0.15, 0.2) is 4.99 Å². The van der Waals surface area contributed by atoms with Gasteiger partial charge in [-0.15, -0.1) is 0 Å². The summed E-state index contributed by atoms with van der Waals surface area (Å²) in [4.78, 5) is 9.28. The third kappa shape index (κ3) is 10.3. The van der Waals surface area contributed by atoms with E-state index in [1.54, 1.807) is 0 Å². The molecule has 0 amide bonds. The smallest absolute Gasteiger partial charge is 0.190 e. The lowest BCUT2D eigenvalue weighted by atomic mass is 10.0. The van der Waals surface area contributed by atoms with Crippen molar-refractivity contribution < 1.29 is 9.47 Å². The van der Waals surface area contributed by atoms with Crippen LogP contribution in [0.25, 0.3) is 0 Å². The highest BCUT2D eigenvalue weighted by Gasteiger charge is 2.14. The molecule has 0 aliphatic carbocycles. The third-order valence-corrected chi connectivity index (χ3v) is 5.47. The monoisotopic (exact) mass is 383 g/mol. The van der Waals surface area contributed by atoms with Gasteiger partial charge in [0, 0.05) is 72.7 Å². The van der Waals surface area contributed by atoms with E-state index in [-0.39, 0.29) is 0 Å². The Morgan fingerprint density at radius 2 is 1.74 bits per heavy atom. The van der Waals surface area contributed by atoms with E-state index in [0.717, 1.165) is 64.7 Å². The molecule has 0 aromatic rings. The van der Waals surface area contributed by atoms with Crippen molar-refractivity contribution in [1.82, 2.24) is 20.4 Å². The Hall–Kier alpha value is -0.890. The quantitative estimate of drug-likeness (QED) is 0.315. The van der Waals surface area contributed by atoms with Crippen molar-refractivity contribution in [1.29, 1.82) is 0 Å². The van der Waals surface area contributed by atoms with Crippen LogP contribution in [0.4, 0.5) is 0 Å². The van der Waals surface area contributed by atoms with E-state index >= 15 is 0 Å². The lowest BCUT2D eigenvalue weighted by Gasteiger charge is -2.32. The Kier molecular flexibility index (Phi) is 11.7. The van der Waals surface area contributed by atoms with Crippen LogP contribution in [0.1, 0.15) is 32.1 Å². The topological polar surface area (TPSA) is 61.4 Å². The molecule has 27 heavy (non-hydrogen) atoms. The number of aliphatic imine (C=N–C) groups is 1. The highest BCUT2D eigenvalue weighted by molar-refractivity contribution is 5.79. The van der Waals surface area contributed by atoms with Crippen molar-refractivity contribution >= 4 is 5.96 Å². The van der Waals surface area contributed by atoms with E-state index in [4.69, 9.17) is 9.47 Å². The number of unbranched alkanes of at least 4 members (excludes halogenated alkanes) is 1. The Labute approximate surface area is 165 Å². The van der Waals surface area contributed by atoms with Crippen molar-refractivity contribution in [2.45, 2.75) is 32.1 Å². The minimum absolute atomic E-state index is 0.687. The van der Waals surface area contributed by atoms with Crippen LogP contribution in [0.3, 0.4) is 0 Å². The number of likely N-dealkylation sites (N-methyl/N-ethyl adjacent to an activating group) is 1. The summed E-state index contributed by atoms with van der Waals surface area (Å²) < 4.78 is 11.2. The molecular weight excluding hydrogens is 342 g/mol. The van der Waals surface area contributed by atoms with E-state index in [1.165, 1.54) is 45.6 Å². The van der Waals surface area contributed by atoms with Gasteiger partial charge >= 0.3 is 0 Å². The maximum atomic E-state index is 5.80. The van der Waals surface area contributed by atoms with E-state index < -0.39 is 0 Å². The molecule has 0 aromatic carbocycles. The third-order valence-electron chi connectivity index (χ3n) is 5.47. The fraction of sp³-hybridized carbons (Fsp3) is 0.950. The molecule has 158 valence electrons. The average molecular weight is 384 g/mol. The zero-order valence-corrected chi connectivity index (χ0v) is 17.5. The molecular formula is C20H41N5O2. The average Bonchev–Trinajstić information content (AvgIpc) is 2.71. The van der Waals surface area contributed by atoms with Crippen LogP contribution >= 0.6 is 0 Å². The molecule has 2 aliphatic heterocycles. The number of piperazine rings is 1. The molecule has 2 aliphatic rings. The first-order chi connectivity index (χ1) is 13.3. The van der Waals surface area contributed by atoms with Crippen molar-refractivity contribution in [3.05, 3.63) is 0 Å². The predicted molar refractivity (Wildman–Crippen MR) is 112 cm³/mol. The number of hydrogen-bond donors (Lipinski definition) is 2. The maximum Gasteiger partial charge on any atom is 0.190 e. The van der Waals surface area contributed by atoms with Gasteiger partial charge in [0.05, 0.1) is 0 Å². The van der Waals surface area contributed by atoms with Crippen LogP contribution in [0.5, 0.6) is 0 Å². The van der Waals surface area contributed by atoms with Crippen molar-refractivity contribution in [3.8, 4) is 0 Å². The van der Waals surface area contributed by atoms with Crippen LogP contribution < -0.4 is 10.6 Å². The minimum Gasteiger partial charge on any atom is -0.381 e. The first kappa shape index (κ1) is 22.4. The van der Waals surface area contributed by atoms with Crippen LogP contribution in [0, 0.1) is 5.92 Å². The van der Waals surface area contributed by atoms with E-state index in [2.05, 4.69) is 32.5 Å². The molecule has 2 heterocycles. The summed E-state index contributed by atoms with van der Waals surface area (Å²) >= 11 is 0.